The van der Waals surface area contributed by atoms with Crippen molar-refractivity contribution in [2.75, 3.05) is 13.7 Å². The second-order valence-electron chi connectivity index (χ2n) is 5.99. The van der Waals surface area contributed by atoms with E-state index in [4.69, 9.17) is 14.7 Å². The molecule has 2 aromatic carbocycles. The van der Waals surface area contributed by atoms with Crippen molar-refractivity contribution in [2.45, 2.75) is 19.9 Å². The van der Waals surface area contributed by atoms with Crippen molar-refractivity contribution in [1.82, 2.24) is 5.32 Å². The van der Waals surface area contributed by atoms with E-state index < -0.39 is 0 Å². The average Bonchev–Trinajstić information content (AvgIpc) is 2.64. The molecule has 25 heavy (non-hydrogen) atoms. The molecule has 0 radical (unpaired) electrons. The first-order chi connectivity index (χ1) is 12.0. The maximum absolute atomic E-state index is 12.2. The number of carbonyl (C=O) groups is 1. The fraction of sp³-hybridized carbons (Fsp3) is 0.300. The van der Waals surface area contributed by atoms with Gasteiger partial charge in [0, 0.05) is 0 Å². The minimum Gasteiger partial charge on any atom is -0.497 e. The Morgan fingerprint density at radius 2 is 1.68 bits per heavy atom. The first-order valence-electron chi connectivity index (χ1n) is 8.09. The predicted molar refractivity (Wildman–Crippen MR) is 95.4 cm³/mol. The van der Waals surface area contributed by atoms with E-state index in [9.17, 15) is 4.79 Å². The summed E-state index contributed by atoms with van der Waals surface area (Å²) in [6.45, 7) is 4.03. The van der Waals surface area contributed by atoms with Crippen molar-refractivity contribution in [3.63, 3.8) is 0 Å². The zero-order valence-electron chi connectivity index (χ0n) is 14.7. The number of nitrogens with zero attached hydrogens (tertiary/aromatic N) is 1. The molecule has 2 rings (SSSR count). The molecule has 0 saturated heterocycles. The molecule has 1 N–H and O–H groups in total. The van der Waals surface area contributed by atoms with Gasteiger partial charge in [0.25, 0.3) is 5.91 Å². The Balaban J connectivity index is 1.96. The average molecular weight is 338 g/mol. The molecule has 0 aromatic heterocycles. The van der Waals surface area contributed by atoms with E-state index in [1.165, 1.54) is 0 Å². The van der Waals surface area contributed by atoms with Crippen molar-refractivity contribution in [3.05, 3.63) is 59.7 Å². The third kappa shape index (κ3) is 5.25. The van der Waals surface area contributed by atoms with E-state index in [2.05, 4.69) is 19.2 Å². The third-order valence-electron chi connectivity index (χ3n) is 3.81. The van der Waals surface area contributed by atoms with Crippen molar-refractivity contribution in [3.8, 4) is 17.6 Å². The van der Waals surface area contributed by atoms with Crippen LogP contribution in [-0.2, 0) is 4.79 Å². The maximum atomic E-state index is 12.2. The molecule has 0 aliphatic heterocycles. The summed E-state index contributed by atoms with van der Waals surface area (Å²) in [4.78, 5) is 12.2. The van der Waals surface area contributed by atoms with Crippen LogP contribution in [0.25, 0.3) is 0 Å². The minimum absolute atomic E-state index is 0.0781. The molecule has 1 amide bonds. The first kappa shape index (κ1) is 18.3. The minimum atomic E-state index is -0.195. The summed E-state index contributed by atoms with van der Waals surface area (Å²) in [5.74, 6) is 1.37. The first-order valence-corrected chi connectivity index (χ1v) is 8.09. The molecule has 0 bridgehead atoms. The molecule has 0 aliphatic rings. The van der Waals surface area contributed by atoms with Gasteiger partial charge in [-0.1, -0.05) is 26.0 Å². The van der Waals surface area contributed by atoms with Crippen molar-refractivity contribution < 1.29 is 14.3 Å². The van der Waals surface area contributed by atoms with Crippen molar-refractivity contribution in [1.29, 1.82) is 5.26 Å². The summed E-state index contributed by atoms with van der Waals surface area (Å²) in [6.07, 6.45) is 0. The number of hydrogen-bond donors (Lipinski definition) is 1. The second kappa shape index (κ2) is 8.74. The summed E-state index contributed by atoms with van der Waals surface area (Å²) in [6, 6.07) is 16.2. The lowest BCUT2D eigenvalue weighted by molar-refractivity contribution is -0.124. The van der Waals surface area contributed by atoms with Gasteiger partial charge in [-0.15, -0.1) is 0 Å². The smallest absolute Gasteiger partial charge is 0.258 e. The van der Waals surface area contributed by atoms with Gasteiger partial charge < -0.3 is 14.8 Å². The molecule has 5 nitrogen and oxygen atoms in total. The molecular weight excluding hydrogens is 316 g/mol. The van der Waals surface area contributed by atoms with Crippen LogP contribution in [0, 0.1) is 17.2 Å². The topological polar surface area (TPSA) is 71.3 Å². The van der Waals surface area contributed by atoms with Crippen LogP contribution < -0.4 is 14.8 Å². The number of hydrogen-bond acceptors (Lipinski definition) is 4. The largest absolute Gasteiger partial charge is 0.497 e. The number of methoxy groups -OCH3 is 1. The van der Waals surface area contributed by atoms with Gasteiger partial charge in [0.05, 0.1) is 24.8 Å². The van der Waals surface area contributed by atoms with Gasteiger partial charge in [-0.2, -0.15) is 5.26 Å². The van der Waals surface area contributed by atoms with Crippen LogP contribution >= 0.6 is 0 Å². The Morgan fingerprint density at radius 3 is 2.20 bits per heavy atom. The predicted octanol–water partition coefficient (Wildman–Crippen LogP) is 3.46. The normalized spacial score (nSPS) is 11.5. The number of benzene rings is 2. The van der Waals surface area contributed by atoms with Crippen LogP contribution in [0.15, 0.2) is 48.5 Å². The molecule has 130 valence electrons. The molecule has 0 unspecified atom stereocenters. The van der Waals surface area contributed by atoms with E-state index in [-0.39, 0.29) is 24.5 Å². The number of rotatable bonds is 7. The zero-order valence-corrected chi connectivity index (χ0v) is 14.7. The van der Waals surface area contributed by atoms with Crippen LogP contribution in [-0.4, -0.2) is 19.6 Å². The number of nitriles is 1. The summed E-state index contributed by atoms with van der Waals surface area (Å²) in [7, 11) is 1.62. The van der Waals surface area contributed by atoms with E-state index in [0.29, 0.717) is 11.3 Å². The number of carbonyl (C=O) groups excluding carboxylic acids is 1. The quantitative estimate of drug-likeness (QED) is 0.839. The number of ether oxygens (including phenoxy) is 2. The van der Waals surface area contributed by atoms with Crippen LogP contribution in [0.4, 0.5) is 0 Å². The van der Waals surface area contributed by atoms with Gasteiger partial charge >= 0.3 is 0 Å². The third-order valence-corrected chi connectivity index (χ3v) is 3.81. The van der Waals surface area contributed by atoms with Crippen molar-refractivity contribution >= 4 is 5.91 Å². The van der Waals surface area contributed by atoms with Crippen LogP contribution in [0.2, 0.25) is 0 Å². The second-order valence-corrected chi connectivity index (χ2v) is 5.99. The summed E-state index contributed by atoms with van der Waals surface area (Å²) in [5, 5.41) is 11.8. The van der Waals surface area contributed by atoms with Gasteiger partial charge in [-0.3, -0.25) is 4.79 Å². The Kier molecular flexibility index (Phi) is 6.41. The molecule has 5 heteroatoms. The lowest BCUT2D eigenvalue weighted by atomic mass is 9.96. The molecule has 2 aromatic rings. The van der Waals surface area contributed by atoms with Crippen LogP contribution in [0.1, 0.15) is 31.0 Å². The Morgan fingerprint density at radius 1 is 1.08 bits per heavy atom. The molecular formula is C20H22N2O3. The zero-order chi connectivity index (χ0) is 18.2. The Bertz CT molecular complexity index is 731. The highest BCUT2D eigenvalue weighted by Crippen LogP contribution is 2.24. The molecule has 0 fully saturated rings. The monoisotopic (exact) mass is 338 g/mol. The molecule has 0 aliphatic carbocycles. The van der Waals surface area contributed by atoms with Crippen LogP contribution in [0.3, 0.4) is 0 Å². The van der Waals surface area contributed by atoms with Crippen molar-refractivity contribution in [2.24, 2.45) is 5.92 Å². The Labute approximate surface area is 148 Å². The maximum Gasteiger partial charge on any atom is 0.258 e. The van der Waals surface area contributed by atoms with E-state index in [1.807, 2.05) is 30.3 Å². The number of amides is 1. The van der Waals surface area contributed by atoms with E-state index in [0.717, 1.165) is 11.3 Å². The summed E-state index contributed by atoms with van der Waals surface area (Å²) in [5.41, 5.74) is 1.57. The van der Waals surface area contributed by atoms with Crippen LogP contribution in [0.5, 0.6) is 11.5 Å². The van der Waals surface area contributed by atoms with Gasteiger partial charge in [0.15, 0.2) is 6.61 Å². The fourth-order valence-electron chi connectivity index (χ4n) is 2.44. The van der Waals surface area contributed by atoms with Gasteiger partial charge in [-0.25, -0.2) is 0 Å². The standard InChI is InChI=1S/C20H22N2O3/c1-14(2)20(16-6-10-17(24-3)11-7-16)22-19(23)13-25-18-8-4-15(12-21)5-9-18/h4-11,14,20H,13H2,1-3H3,(H,22,23)/t20-/m0/s1. The van der Waals surface area contributed by atoms with Gasteiger partial charge in [0.2, 0.25) is 0 Å². The van der Waals surface area contributed by atoms with E-state index >= 15 is 0 Å². The SMILES string of the molecule is COc1ccc([C@@H](NC(=O)COc2ccc(C#N)cc2)C(C)C)cc1. The summed E-state index contributed by atoms with van der Waals surface area (Å²) >= 11 is 0. The van der Waals surface area contributed by atoms with Gasteiger partial charge in [-0.05, 0) is 47.9 Å². The lowest BCUT2D eigenvalue weighted by Crippen LogP contribution is -2.35. The molecule has 0 spiro atoms. The Hall–Kier alpha value is -3.00. The highest BCUT2D eigenvalue weighted by molar-refractivity contribution is 5.78. The summed E-state index contributed by atoms with van der Waals surface area (Å²) < 4.78 is 10.6. The molecule has 1 atom stereocenters. The van der Waals surface area contributed by atoms with Gasteiger partial charge in [0.1, 0.15) is 11.5 Å². The fourth-order valence-corrected chi connectivity index (χ4v) is 2.44. The molecule has 0 heterocycles. The number of nitrogens with one attached hydrogen (secondary N) is 1. The highest BCUT2D eigenvalue weighted by Gasteiger charge is 2.18. The van der Waals surface area contributed by atoms with E-state index in [1.54, 1.807) is 31.4 Å². The molecule has 0 saturated carbocycles. The lowest BCUT2D eigenvalue weighted by Gasteiger charge is -2.23. The highest BCUT2D eigenvalue weighted by atomic mass is 16.5.